The topological polar surface area (TPSA) is 50.3 Å². The molecule has 1 aliphatic heterocycles. The van der Waals surface area contributed by atoms with Gasteiger partial charge in [0, 0.05) is 32.3 Å². The highest BCUT2D eigenvalue weighted by atomic mass is 16.5. The van der Waals surface area contributed by atoms with Gasteiger partial charge in [0.05, 0.1) is 6.10 Å². The zero-order valence-electron chi connectivity index (χ0n) is 13.7. The standard InChI is InChI=1S/C16H28N4O/c1-5-17-15-14(12(2)3)16(19-11-18-15)20(4)10-13-8-6-7-9-21-13/h11-13H,5-10H2,1-4H3,(H,17,18,19). The quantitative estimate of drug-likeness (QED) is 0.873. The van der Waals surface area contributed by atoms with Crippen LogP contribution in [0.4, 0.5) is 11.6 Å². The third-order valence-electron chi connectivity index (χ3n) is 3.90. The predicted octanol–water partition coefficient (Wildman–Crippen LogP) is 3.04. The molecule has 0 spiro atoms. The molecule has 1 fully saturated rings. The molecule has 0 aliphatic carbocycles. The first kappa shape index (κ1) is 16.0. The molecule has 2 rings (SSSR count). The summed E-state index contributed by atoms with van der Waals surface area (Å²) in [6.07, 6.45) is 5.57. The fourth-order valence-corrected chi connectivity index (χ4v) is 2.87. The number of hydrogen-bond acceptors (Lipinski definition) is 5. The van der Waals surface area contributed by atoms with Crippen LogP contribution in [0.5, 0.6) is 0 Å². The maximum Gasteiger partial charge on any atom is 0.137 e. The van der Waals surface area contributed by atoms with E-state index in [2.05, 4.69) is 48.0 Å². The second-order valence-corrected chi connectivity index (χ2v) is 6.01. The van der Waals surface area contributed by atoms with Crippen LogP contribution in [-0.4, -0.2) is 42.8 Å². The number of anilines is 2. The monoisotopic (exact) mass is 292 g/mol. The van der Waals surface area contributed by atoms with Gasteiger partial charge in [0.1, 0.15) is 18.0 Å². The highest BCUT2D eigenvalue weighted by Gasteiger charge is 2.21. The minimum Gasteiger partial charge on any atom is -0.376 e. The lowest BCUT2D eigenvalue weighted by molar-refractivity contribution is 0.0215. The molecule has 1 N–H and O–H groups in total. The van der Waals surface area contributed by atoms with Crippen LogP contribution < -0.4 is 10.2 Å². The minimum absolute atomic E-state index is 0.321. The van der Waals surface area contributed by atoms with E-state index in [1.54, 1.807) is 6.33 Å². The Morgan fingerprint density at radius 3 is 2.81 bits per heavy atom. The van der Waals surface area contributed by atoms with Crippen molar-refractivity contribution in [1.82, 2.24) is 9.97 Å². The Kier molecular flexibility index (Phi) is 5.79. The van der Waals surface area contributed by atoms with Crippen LogP contribution in [0.15, 0.2) is 6.33 Å². The predicted molar refractivity (Wildman–Crippen MR) is 87.1 cm³/mol. The van der Waals surface area contributed by atoms with Crippen LogP contribution in [0.3, 0.4) is 0 Å². The first-order valence-corrected chi connectivity index (χ1v) is 8.05. The van der Waals surface area contributed by atoms with E-state index in [0.717, 1.165) is 37.8 Å². The largest absolute Gasteiger partial charge is 0.376 e. The normalized spacial score (nSPS) is 18.8. The summed E-state index contributed by atoms with van der Waals surface area (Å²) >= 11 is 0. The Labute approximate surface area is 128 Å². The lowest BCUT2D eigenvalue weighted by Gasteiger charge is -2.30. The average molecular weight is 292 g/mol. The molecule has 1 unspecified atom stereocenters. The van der Waals surface area contributed by atoms with E-state index in [9.17, 15) is 0 Å². The fraction of sp³-hybridized carbons (Fsp3) is 0.750. The van der Waals surface area contributed by atoms with Gasteiger partial charge in [-0.1, -0.05) is 13.8 Å². The summed E-state index contributed by atoms with van der Waals surface area (Å²) in [6.45, 7) is 9.11. The van der Waals surface area contributed by atoms with Crippen LogP contribution in [-0.2, 0) is 4.74 Å². The van der Waals surface area contributed by atoms with Crippen LogP contribution >= 0.6 is 0 Å². The van der Waals surface area contributed by atoms with Crippen molar-refractivity contribution >= 4 is 11.6 Å². The van der Waals surface area contributed by atoms with Gasteiger partial charge in [-0.3, -0.25) is 0 Å². The summed E-state index contributed by atoms with van der Waals surface area (Å²) in [5, 5.41) is 3.35. The van der Waals surface area contributed by atoms with Gasteiger partial charge < -0.3 is 15.0 Å². The van der Waals surface area contributed by atoms with Gasteiger partial charge in [0.2, 0.25) is 0 Å². The molecule has 118 valence electrons. The second-order valence-electron chi connectivity index (χ2n) is 6.01. The van der Waals surface area contributed by atoms with E-state index in [4.69, 9.17) is 4.74 Å². The minimum atomic E-state index is 0.321. The Bertz CT molecular complexity index is 444. The van der Waals surface area contributed by atoms with Gasteiger partial charge in [0.15, 0.2) is 0 Å². The van der Waals surface area contributed by atoms with Crippen LogP contribution in [0, 0.1) is 0 Å². The number of ether oxygens (including phenoxy) is 1. The number of likely N-dealkylation sites (N-methyl/N-ethyl adjacent to an activating group) is 1. The molecule has 1 aliphatic rings. The molecule has 0 amide bonds. The number of hydrogen-bond donors (Lipinski definition) is 1. The van der Waals surface area contributed by atoms with Crippen molar-refractivity contribution in [2.45, 2.75) is 52.1 Å². The zero-order chi connectivity index (χ0) is 15.2. The van der Waals surface area contributed by atoms with Gasteiger partial charge in [-0.25, -0.2) is 9.97 Å². The molecule has 1 saturated heterocycles. The Morgan fingerprint density at radius 1 is 1.38 bits per heavy atom. The van der Waals surface area contributed by atoms with Gasteiger partial charge in [-0.05, 0) is 32.1 Å². The summed E-state index contributed by atoms with van der Waals surface area (Å²) in [4.78, 5) is 11.1. The van der Waals surface area contributed by atoms with E-state index in [1.165, 1.54) is 18.4 Å². The summed E-state index contributed by atoms with van der Waals surface area (Å²) in [5.41, 5.74) is 1.19. The molecule has 1 aromatic rings. The molecule has 2 heterocycles. The SMILES string of the molecule is CCNc1ncnc(N(C)CC2CCCCO2)c1C(C)C. The van der Waals surface area contributed by atoms with Crippen molar-refractivity contribution in [2.24, 2.45) is 0 Å². The third kappa shape index (κ3) is 4.06. The molecule has 1 atom stereocenters. The molecule has 1 aromatic heterocycles. The van der Waals surface area contributed by atoms with Crippen molar-refractivity contribution < 1.29 is 4.74 Å². The highest BCUT2D eigenvalue weighted by Crippen LogP contribution is 2.30. The molecule has 5 nitrogen and oxygen atoms in total. The molecule has 21 heavy (non-hydrogen) atoms. The summed E-state index contributed by atoms with van der Waals surface area (Å²) in [5.74, 6) is 2.35. The van der Waals surface area contributed by atoms with Gasteiger partial charge in [-0.2, -0.15) is 0 Å². The Hall–Kier alpha value is -1.36. The van der Waals surface area contributed by atoms with Crippen molar-refractivity contribution in [3.63, 3.8) is 0 Å². The smallest absolute Gasteiger partial charge is 0.137 e. The van der Waals surface area contributed by atoms with E-state index < -0.39 is 0 Å². The number of rotatable bonds is 6. The second kappa shape index (κ2) is 7.59. The first-order valence-electron chi connectivity index (χ1n) is 8.05. The maximum absolute atomic E-state index is 5.85. The average Bonchev–Trinajstić information content (AvgIpc) is 2.48. The van der Waals surface area contributed by atoms with Crippen molar-refractivity contribution in [3.05, 3.63) is 11.9 Å². The summed E-state index contributed by atoms with van der Waals surface area (Å²) in [6, 6.07) is 0. The van der Waals surface area contributed by atoms with E-state index in [0.29, 0.717) is 12.0 Å². The highest BCUT2D eigenvalue weighted by molar-refractivity contribution is 5.60. The fourth-order valence-electron chi connectivity index (χ4n) is 2.87. The summed E-state index contributed by atoms with van der Waals surface area (Å²) in [7, 11) is 2.10. The third-order valence-corrected chi connectivity index (χ3v) is 3.90. The molecule has 0 saturated carbocycles. The number of nitrogens with one attached hydrogen (secondary N) is 1. The van der Waals surface area contributed by atoms with Crippen LogP contribution in [0.2, 0.25) is 0 Å². The molecule has 0 bridgehead atoms. The molecule has 0 radical (unpaired) electrons. The van der Waals surface area contributed by atoms with E-state index in [-0.39, 0.29) is 0 Å². The zero-order valence-corrected chi connectivity index (χ0v) is 13.7. The molecule has 5 heteroatoms. The lowest BCUT2D eigenvalue weighted by Crippen LogP contribution is -2.34. The van der Waals surface area contributed by atoms with Crippen molar-refractivity contribution in [2.75, 3.05) is 37.0 Å². The Morgan fingerprint density at radius 2 is 2.19 bits per heavy atom. The number of aromatic nitrogens is 2. The van der Waals surface area contributed by atoms with Gasteiger partial charge in [-0.15, -0.1) is 0 Å². The van der Waals surface area contributed by atoms with E-state index in [1.807, 2.05) is 0 Å². The van der Waals surface area contributed by atoms with Gasteiger partial charge >= 0.3 is 0 Å². The van der Waals surface area contributed by atoms with Crippen molar-refractivity contribution in [3.8, 4) is 0 Å². The van der Waals surface area contributed by atoms with E-state index >= 15 is 0 Å². The van der Waals surface area contributed by atoms with Gasteiger partial charge in [0.25, 0.3) is 0 Å². The van der Waals surface area contributed by atoms with Crippen LogP contribution in [0.25, 0.3) is 0 Å². The maximum atomic E-state index is 5.85. The van der Waals surface area contributed by atoms with Crippen molar-refractivity contribution in [1.29, 1.82) is 0 Å². The number of nitrogens with zero attached hydrogens (tertiary/aromatic N) is 3. The first-order chi connectivity index (χ1) is 10.1. The summed E-state index contributed by atoms with van der Waals surface area (Å²) < 4.78 is 5.85. The Balaban J connectivity index is 2.18. The molecular formula is C16H28N4O. The molecule has 0 aromatic carbocycles. The van der Waals surface area contributed by atoms with Crippen LogP contribution in [0.1, 0.15) is 51.5 Å². The molecular weight excluding hydrogens is 264 g/mol. The lowest BCUT2D eigenvalue weighted by atomic mass is 10.0.